The fourth-order valence-corrected chi connectivity index (χ4v) is 4.15. The Labute approximate surface area is 249 Å². The molecule has 3 aromatic rings. The largest absolute Gasteiger partial charge is 0.486 e. The lowest BCUT2D eigenvalue weighted by molar-refractivity contribution is 0.0722. The summed E-state index contributed by atoms with van der Waals surface area (Å²) in [6.07, 6.45) is 12.1. The Morgan fingerprint density at radius 1 is 0.714 bits per heavy atom. The van der Waals surface area contributed by atoms with Crippen LogP contribution >= 0.6 is 0 Å². The highest BCUT2D eigenvalue weighted by Gasteiger charge is 2.23. The highest BCUT2D eigenvalue weighted by molar-refractivity contribution is 5.94. The fraction of sp³-hybridized carbons (Fsp3) is 0.333. The molecule has 0 aliphatic heterocycles. The van der Waals surface area contributed by atoms with E-state index in [0.717, 1.165) is 31.3 Å². The van der Waals surface area contributed by atoms with E-state index in [1.807, 2.05) is 19.1 Å². The highest BCUT2D eigenvalue weighted by Crippen LogP contribution is 2.37. The molecule has 2 aromatic carbocycles. The quantitative estimate of drug-likeness (QED) is 0.109. The van der Waals surface area contributed by atoms with Crippen molar-refractivity contribution in [3.05, 3.63) is 111 Å². The zero-order valence-corrected chi connectivity index (χ0v) is 25.6. The molecule has 0 spiro atoms. The molecule has 0 atom stereocenters. The van der Waals surface area contributed by atoms with Gasteiger partial charge in [-0.05, 0) is 104 Å². The summed E-state index contributed by atoms with van der Waals surface area (Å²) in [7, 11) is 0. The number of benzene rings is 2. The number of hydrogen-bond donors (Lipinski definition) is 0. The molecule has 0 saturated heterocycles. The molecular weight excluding hydrogens is 528 g/mol. The summed E-state index contributed by atoms with van der Waals surface area (Å²) in [6.45, 7) is 12.9. The van der Waals surface area contributed by atoms with Crippen LogP contribution in [0.15, 0.2) is 104 Å². The second-order valence-corrected chi connectivity index (χ2v) is 10.8. The molecular formula is C36H42O6. The predicted octanol–water partition coefficient (Wildman–Crippen LogP) is 9.16. The Balaban J connectivity index is 1.91. The maximum Gasteiger partial charge on any atom is 0.383 e. The van der Waals surface area contributed by atoms with Crippen molar-refractivity contribution in [2.24, 2.45) is 0 Å². The number of fused-ring (bicyclic) bond motifs is 1. The van der Waals surface area contributed by atoms with Crippen LogP contribution in [0, 0.1) is 0 Å². The van der Waals surface area contributed by atoms with Crippen molar-refractivity contribution in [1.82, 2.24) is 0 Å². The van der Waals surface area contributed by atoms with E-state index in [-0.39, 0.29) is 23.7 Å². The van der Waals surface area contributed by atoms with Crippen LogP contribution in [0.5, 0.6) is 17.2 Å². The van der Waals surface area contributed by atoms with Gasteiger partial charge in [0.25, 0.3) is 5.75 Å². The Morgan fingerprint density at radius 2 is 1.31 bits per heavy atom. The van der Waals surface area contributed by atoms with E-state index in [1.165, 1.54) is 16.7 Å². The summed E-state index contributed by atoms with van der Waals surface area (Å²) in [4.78, 5) is 26.1. The average Bonchev–Trinajstić information content (AvgIpc) is 2.95. The summed E-state index contributed by atoms with van der Waals surface area (Å²) < 4.78 is 23.4. The molecule has 0 aliphatic rings. The minimum Gasteiger partial charge on any atom is -0.486 e. The summed E-state index contributed by atoms with van der Waals surface area (Å²) in [5.74, 6) is -0.435. The number of rotatable bonds is 14. The monoisotopic (exact) mass is 570 g/mol. The third-order valence-electron chi connectivity index (χ3n) is 6.53. The minimum atomic E-state index is -0.824. The van der Waals surface area contributed by atoms with Gasteiger partial charge in [0.15, 0.2) is 17.1 Å². The van der Waals surface area contributed by atoms with Crippen LogP contribution in [0.4, 0.5) is 0 Å². The van der Waals surface area contributed by atoms with E-state index in [9.17, 15) is 9.59 Å². The summed E-state index contributed by atoms with van der Waals surface area (Å²) >= 11 is 0. The Morgan fingerprint density at radius 3 is 1.90 bits per heavy atom. The van der Waals surface area contributed by atoms with Gasteiger partial charge in [0.2, 0.25) is 0 Å². The first-order valence-electron chi connectivity index (χ1n) is 14.4. The van der Waals surface area contributed by atoms with Crippen LogP contribution in [-0.2, 0) is 0 Å². The van der Waals surface area contributed by atoms with Crippen LogP contribution in [0.2, 0.25) is 0 Å². The first kappa shape index (κ1) is 32.2. The molecule has 1 aromatic heterocycles. The van der Waals surface area contributed by atoms with E-state index < -0.39 is 11.6 Å². The second kappa shape index (κ2) is 16.2. The van der Waals surface area contributed by atoms with Gasteiger partial charge in [-0.1, -0.05) is 58.7 Å². The summed E-state index contributed by atoms with van der Waals surface area (Å²) in [5.41, 5.74) is 4.65. The first-order valence-corrected chi connectivity index (χ1v) is 14.4. The molecule has 0 fully saturated rings. The van der Waals surface area contributed by atoms with Crippen molar-refractivity contribution >= 4 is 16.9 Å². The first-order chi connectivity index (χ1) is 20.2. The number of ether oxygens (including phenoxy) is 3. The summed E-state index contributed by atoms with van der Waals surface area (Å²) in [6, 6.07) is 13.8. The standard InChI is InChI=1S/C36H42O6/c1-25(2)13-10-15-27(5)21-23-39-31-20-12-19-30-32(31)41-36(38)34(42-35(37)29-17-8-7-9-18-29)33(30)40-24-22-28(6)16-11-14-26(3)4/h7-9,12-14,17-22H,10-11,15-16,23-24H2,1-6H3. The Bertz CT molecular complexity index is 1530. The Hall–Kier alpha value is -4.32. The van der Waals surface area contributed by atoms with Crippen LogP contribution < -0.4 is 19.8 Å². The van der Waals surface area contributed by atoms with E-state index >= 15 is 0 Å². The van der Waals surface area contributed by atoms with E-state index in [0.29, 0.717) is 23.3 Å². The normalized spacial score (nSPS) is 11.7. The maximum absolute atomic E-state index is 13.2. The lowest BCUT2D eigenvalue weighted by Crippen LogP contribution is -2.16. The van der Waals surface area contributed by atoms with Crippen molar-refractivity contribution < 1.29 is 23.4 Å². The topological polar surface area (TPSA) is 75.0 Å². The van der Waals surface area contributed by atoms with Gasteiger partial charge in [0.1, 0.15) is 13.2 Å². The van der Waals surface area contributed by atoms with Gasteiger partial charge in [-0.3, -0.25) is 0 Å². The van der Waals surface area contributed by atoms with Crippen LogP contribution in [-0.4, -0.2) is 19.2 Å². The van der Waals surface area contributed by atoms with Crippen LogP contribution in [0.3, 0.4) is 0 Å². The number of carbonyl (C=O) groups is 1. The fourth-order valence-electron chi connectivity index (χ4n) is 4.15. The summed E-state index contributed by atoms with van der Waals surface area (Å²) in [5, 5.41) is 0.475. The van der Waals surface area contributed by atoms with Crippen molar-refractivity contribution in [1.29, 1.82) is 0 Å². The molecule has 0 aliphatic carbocycles. The van der Waals surface area contributed by atoms with E-state index in [2.05, 4.69) is 46.8 Å². The molecule has 0 radical (unpaired) electrons. The van der Waals surface area contributed by atoms with Gasteiger partial charge in [-0.2, -0.15) is 0 Å². The number of esters is 1. The van der Waals surface area contributed by atoms with Gasteiger partial charge in [-0.25, -0.2) is 9.59 Å². The number of allylic oxidation sites excluding steroid dienone is 6. The predicted molar refractivity (Wildman–Crippen MR) is 170 cm³/mol. The Kier molecular flexibility index (Phi) is 12.4. The third kappa shape index (κ3) is 9.95. The van der Waals surface area contributed by atoms with E-state index in [4.69, 9.17) is 18.6 Å². The molecule has 0 N–H and O–H groups in total. The van der Waals surface area contributed by atoms with Gasteiger partial charge < -0.3 is 18.6 Å². The van der Waals surface area contributed by atoms with Gasteiger partial charge >= 0.3 is 11.6 Å². The SMILES string of the molecule is CC(C)=CCCC(C)=CCOc1c(OC(=O)c2ccccc2)c(=O)oc2c(OCC=C(C)CCC=C(C)C)cccc12. The number of carbonyl (C=O) groups excluding carboxylic acids is 1. The van der Waals surface area contributed by atoms with Crippen molar-refractivity contribution in [2.75, 3.05) is 13.2 Å². The average molecular weight is 571 g/mol. The zero-order chi connectivity index (χ0) is 30.5. The maximum atomic E-state index is 13.2. The lowest BCUT2D eigenvalue weighted by Gasteiger charge is -2.14. The van der Waals surface area contributed by atoms with Crippen molar-refractivity contribution in [3.8, 4) is 17.2 Å². The molecule has 222 valence electrons. The molecule has 42 heavy (non-hydrogen) atoms. The minimum absolute atomic E-state index is 0.137. The van der Waals surface area contributed by atoms with E-state index in [1.54, 1.807) is 48.5 Å². The molecule has 6 nitrogen and oxygen atoms in total. The molecule has 1 heterocycles. The number of para-hydroxylation sites is 1. The van der Waals surface area contributed by atoms with Gasteiger partial charge in [0, 0.05) is 0 Å². The third-order valence-corrected chi connectivity index (χ3v) is 6.53. The van der Waals surface area contributed by atoms with Gasteiger partial charge in [-0.15, -0.1) is 0 Å². The highest BCUT2D eigenvalue weighted by atomic mass is 16.6. The zero-order valence-electron chi connectivity index (χ0n) is 25.6. The number of hydrogen-bond acceptors (Lipinski definition) is 6. The molecule has 0 unspecified atom stereocenters. The van der Waals surface area contributed by atoms with Crippen LogP contribution in [0.25, 0.3) is 11.0 Å². The molecule has 3 rings (SSSR count). The van der Waals surface area contributed by atoms with Crippen LogP contribution in [0.1, 0.15) is 77.6 Å². The smallest absolute Gasteiger partial charge is 0.383 e. The molecule has 0 amide bonds. The molecule has 6 heteroatoms. The lowest BCUT2D eigenvalue weighted by atomic mass is 10.1. The second-order valence-electron chi connectivity index (χ2n) is 10.8. The van der Waals surface area contributed by atoms with Crippen molar-refractivity contribution in [2.45, 2.75) is 67.2 Å². The van der Waals surface area contributed by atoms with Gasteiger partial charge in [0.05, 0.1) is 10.9 Å². The molecule has 0 bridgehead atoms. The molecule has 0 saturated carbocycles. The van der Waals surface area contributed by atoms with Crippen molar-refractivity contribution in [3.63, 3.8) is 0 Å².